The normalized spacial score (nSPS) is 10.6. The van der Waals surface area contributed by atoms with E-state index in [1.165, 1.54) is 0 Å². The third-order valence-electron chi connectivity index (χ3n) is 3.66. The van der Waals surface area contributed by atoms with Crippen LogP contribution >= 0.6 is 24.8 Å². The van der Waals surface area contributed by atoms with E-state index in [4.69, 9.17) is 5.73 Å². The predicted molar refractivity (Wildman–Crippen MR) is 89.5 cm³/mol. The molecule has 0 fully saturated rings. The number of nitrogens with two attached hydrogens (primary N) is 1. The molecular formula is C14H22Cl2N4O. The molecule has 0 aliphatic heterocycles. The number of hydrogen-bond acceptors (Lipinski definition) is 3. The summed E-state index contributed by atoms with van der Waals surface area (Å²) >= 11 is 0. The Labute approximate surface area is 137 Å². The summed E-state index contributed by atoms with van der Waals surface area (Å²) in [4.78, 5) is 16.2. The van der Waals surface area contributed by atoms with Crippen LogP contribution in [-0.4, -0.2) is 27.4 Å². The first kappa shape index (κ1) is 19.7. The zero-order valence-electron chi connectivity index (χ0n) is 12.2. The number of carbonyl (C=O) groups is 1. The third kappa shape index (κ3) is 4.59. The van der Waals surface area contributed by atoms with E-state index < -0.39 is 0 Å². The summed E-state index contributed by atoms with van der Waals surface area (Å²) < 4.78 is 1.82. The summed E-state index contributed by atoms with van der Waals surface area (Å²) in [5, 5.41) is 2.90. The molecule has 118 valence electrons. The Morgan fingerprint density at radius 1 is 1.33 bits per heavy atom. The van der Waals surface area contributed by atoms with E-state index in [1.807, 2.05) is 30.5 Å². The second-order valence-electron chi connectivity index (χ2n) is 4.86. The number of nitrogens with zero attached hydrogens (tertiary/aromatic N) is 2. The van der Waals surface area contributed by atoms with Gasteiger partial charge in [-0.3, -0.25) is 4.79 Å². The second-order valence-corrected chi connectivity index (χ2v) is 4.86. The molecule has 0 aliphatic rings. The number of fused-ring (bicyclic) bond motifs is 1. The van der Waals surface area contributed by atoms with Gasteiger partial charge in [0.25, 0.3) is 5.91 Å². The molecule has 0 saturated carbocycles. The summed E-state index contributed by atoms with van der Waals surface area (Å²) in [6.07, 6.45) is 6.97. The average molecular weight is 333 g/mol. The number of aromatic nitrogens is 2. The molecule has 5 nitrogen and oxygen atoms in total. The van der Waals surface area contributed by atoms with Crippen LogP contribution in [0.5, 0.6) is 0 Å². The molecule has 0 radical (unpaired) electrons. The highest BCUT2D eigenvalue weighted by Crippen LogP contribution is 2.10. The Bertz CT molecular complexity index is 581. The van der Waals surface area contributed by atoms with Gasteiger partial charge in [-0.05, 0) is 25.0 Å². The maximum atomic E-state index is 12.1. The lowest BCUT2D eigenvalue weighted by atomic mass is 9.94. The van der Waals surface area contributed by atoms with E-state index in [1.54, 1.807) is 18.5 Å². The summed E-state index contributed by atoms with van der Waals surface area (Å²) in [6, 6.07) is 3.60. The van der Waals surface area contributed by atoms with Crippen molar-refractivity contribution in [2.45, 2.75) is 32.2 Å². The highest BCUT2D eigenvalue weighted by Gasteiger charge is 2.21. The van der Waals surface area contributed by atoms with Crippen molar-refractivity contribution in [3.8, 4) is 0 Å². The fraction of sp³-hybridized carbons (Fsp3) is 0.429. The van der Waals surface area contributed by atoms with Crippen LogP contribution < -0.4 is 11.1 Å². The van der Waals surface area contributed by atoms with Crippen molar-refractivity contribution < 1.29 is 4.79 Å². The van der Waals surface area contributed by atoms with Gasteiger partial charge in [-0.2, -0.15) is 0 Å². The molecule has 21 heavy (non-hydrogen) atoms. The van der Waals surface area contributed by atoms with Crippen LogP contribution in [0.3, 0.4) is 0 Å². The first-order valence-electron chi connectivity index (χ1n) is 6.58. The highest BCUT2D eigenvalue weighted by molar-refractivity contribution is 5.94. The number of rotatable bonds is 5. The van der Waals surface area contributed by atoms with Gasteiger partial charge in [0.2, 0.25) is 0 Å². The molecule has 3 N–H and O–H groups in total. The number of carbonyl (C=O) groups excluding carboxylic acids is 1. The van der Waals surface area contributed by atoms with E-state index in [-0.39, 0.29) is 36.3 Å². The quantitative estimate of drug-likeness (QED) is 0.883. The predicted octanol–water partition coefficient (Wildman–Crippen LogP) is 2.43. The van der Waals surface area contributed by atoms with Crippen LogP contribution in [-0.2, 0) is 0 Å². The number of halogens is 2. The highest BCUT2D eigenvalue weighted by atomic mass is 35.5. The minimum absolute atomic E-state index is 0. The van der Waals surface area contributed by atoms with E-state index in [0.29, 0.717) is 12.1 Å². The molecule has 0 aromatic carbocycles. The van der Waals surface area contributed by atoms with Gasteiger partial charge < -0.3 is 15.5 Å². The lowest BCUT2D eigenvalue weighted by molar-refractivity contribution is 0.0941. The van der Waals surface area contributed by atoms with Crippen LogP contribution in [0.1, 0.15) is 37.0 Å². The number of hydrogen-bond donors (Lipinski definition) is 2. The lowest BCUT2D eigenvalue weighted by Crippen LogP contribution is -2.49. The molecule has 2 heterocycles. The van der Waals surface area contributed by atoms with Crippen LogP contribution in [0, 0.1) is 0 Å². The van der Waals surface area contributed by atoms with E-state index >= 15 is 0 Å². The molecule has 0 bridgehead atoms. The van der Waals surface area contributed by atoms with Crippen LogP contribution in [0.4, 0.5) is 0 Å². The Morgan fingerprint density at radius 2 is 2.00 bits per heavy atom. The van der Waals surface area contributed by atoms with Gasteiger partial charge >= 0.3 is 0 Å². The van der Waals surface area contributed by atoms with Crippen molar-refractivity contribution in [1.82, 2.24) is 14.7 Å². The van der Waals surface area contributed by atoms with Gasteiger partial charge in [-0.1, -0.05) is 13.8 Å². The van der Waals surface area contributed by atoms with E-state index in [9.17, 15) is 4.79 Å². The number of pyridine rings is 1. The van der Waals surface area contributed by atoms with Gasteiger partial charge in [0.15, 0.2) is 0 Å². The Morgan fingerprint density at radius 3 is 2.62 bits per heavy atom. The molecule has 2 aromatic rings. The molecule has 7 heteroatoms. The SMILES string of the molecule is CCC(N)(CC)CNC(=O)c1ccc2nccn2c1.Cl.Cl. The zero-order valence-corrected chi connectivity index (χ0v) is 13.8. The molecule has 0 atom stereocenters. The first-order valence-corrected chi connectivity index (χ1v) is 6.58. The van der Waals surface area contributed by atoms with Crippen LogP contribution in [0.25, 0.3) is 5.65 Å². The summed E-state index contributed by atoms with van der Waals surface area (Å²) in [5.41, 5.74) is 7.28. The van der Waals surface area contributed by atoms with Crippen molar-refractivity contribution in [1.29, 1.82) is 0 Å². The largest absolute Gasteiger partial charge is 0.350 e. The van der Waals surface area contributed by atoms with Gasteiger partial charge in [-0.25, -0.2) is 4.98 Å². The zero-order chi connectivity index (χ0) is 13.9. The fourth-order valence-electron chi connectivity index (χ4n) is 1.91. The fourth-order valence-corrected chi connectivity index (χ4v) is 1.91. The third-order valence-corrected chi connectivity index (χ3v) is 3.66. The van der Waals surface area contributed by atoms with E-state index in [2.05, 4.69) is 10.3 Å². The molecule has 0 unspecified atom stereocenters. The maximum Gasteiger partial charge on any atom is 0.252 e. The van der Waals surface area contributed by atoms with Gasteiger partial charge in [0, 0.05) is 30.7 Å². The van der Waals surface area contributed by atoms with Crippen LogP contribution in [0.2, 0.25) is 0 Å². The number of amides is 1. The van der Waals surface area contributed by atoms with Crippen molar-refractivity contribution in [3.63, 3.8) is 0 Å². The molecule has 0 spiro atoms. The van der Waals surface area contributed by atoms with Crippen LogP contribution in [0.15, 0.2) is 30.7 Å². The van der Waals surface area contributed by atoms with Gasteiger partial charge in [0.05, 0.1) is 5.56 Å². The summed E-state index contributed by atoms with van der Waals surface area (Å²) in [5.74, 6) is -0.104. The molecule has 2 rings (SSSR count). The Kier molecular flexibility index (Phi) is 7.71. The number of nitrogens with one attached hydrogen (secondary N) is 1. The topological polar surface area (TPSA) is 72.4 Å². The van der Waals surface area contributed by atoms with Gasteiger partial charge in [-0.15, -0.1) is 24.8 Å². The molecule has 2 aromatic heterocycles. The minimum Gasteiger partial charge on any atom is -0.350 e. The lowest BCUT2D eigenvalue weighted by Gasteiger charge is -2.26. The van der Waals surface area contributed by atoms with Crippen molar-refractivity contribution >= 4 is 36.4 Å². The standard InChI is InChI=1S/C14H20N4O.2ClH/c1-3-14(15,4-2)10-17-13(19)11-5-6-12-16-7-8-18(12)9-11;;/h5-9H,3-4,10,15H2,1-2H3,(H,17,19);2*1H. The van der Waals surface area contributed by atoms with Gasteiger partial charge in [0.1, 0.15) is 5.65 Å². The monoisotopic (exact) mass is 332 g/mol. The molecule has 0 saturated heterocycles. The van der Waals surface area contributed by atoms with E-state index in [0.717, 1.165) is 18.5 Å². The smallest absolute Gasteiger partial charge is 0.252 e. The minimum atomic E-state index is -0.325. The Hall–Kier alpha value is -1.30. The molecule has 0 aliphatic carbocycles. The first-order chi connectivity index (χ1) is 9.08. The molecular weight excluding hydrogens is 311 g/mol. The Balaban J connectivity index is 0.00000200. The number of imidazole rings is 1. The maximum absolute atomic E-state index is 12.1. The van der Waals surface area contributed by atoms with Crippen molar-refractivity contribution in [2.24, 2.45) is 5.73 Å². The summed E-state index contributed by atoms with van der Waals surface area (Å²) in [6.45, 7) is 4.56. The molecule has 1 amide bonds. The van der Waals surface area contributed by atoms with Crippen molar-refractivity contribution in [2.75, 3.05) is 6.54 Å². The van der Waals surface area contributed by atoms with Crippen molar-refractivity contribution in [3.05, 3.63) is 36.3 Å². The summed E-state index contributed by atoms with van der Waals surface area (Å²) in [7, 11) is 0. The second kappa shape index (κ2) is 8.22. The average Bonchev–Trinajstić information content (AvgIpc) is 2.91.